The van der Waals surface area contributed by atoms with Crippen molar-refractivity contribution < 1.29 is 4.74 Å². The van der Waals surface area contributed by atoms with Gasteiger partial charge in [-0.2, -0.15) is 9.78 Å². The fourth-order valence-electron chi connectivity index (χ4n) is 2.06. The van der Waals surface area contributed by atoms with Crippen molar-refractivity contribution in [2.24, 2.45) is 0 Å². The molecular weight excluding hydrogens is 497 g/mol. The summed E-state index contributed by atoms with van der Waals surface area (Å²) in [5, 5.41) is 5.58. The van der Waals surface area contributed by atoms with Gasteiger partial charge in [0.25, 0.3) is 5.56 Å². The van der Waals surface area contributed by atoms with E-state index in [1.165, 1.54) is 10.9 Å². The fraction of sp³-hybridized carbons (Fsp3) is 0.0588. The molecule has 0 aliphatic heterocycles. The summed E-state index contributed by atoms with van der Waals surface area (Å²) < 4.78 is 7.38. The zero-order valence-electron chi connectivity index (χ0n) is 12.5. The van der Waals surface area contributed by atoms with Crippen molar-refractivity contribution in [3.63, 3.8) is 0 Å². The first-order valence-electron chi connectivity index (χ1n) is 7.06. The molecular formula is C17H10Cl3IN2O2. The minimum Gasteiger partial charge on any atom is -0.486 e. The highest BCUT2D eigenvalue weighted by molar-refractivity contribution is 14.1. The van der Waals surface area contributed by atoms with E-state index in [4.69, 9.17) is 39.5 Å². The fourth-order valence-corrected chi connectivity index (χ4v) is 3.00. The maximum absolute atomic E-state index is 12.6. The van der Waals surface area contributed by atoms with Gasteiger partial charge < -0.3 is 4.74 Å². The van der Waals surface area contributed by atoms with E-state index in [-0.39, 0.29) is 5.56 Å². The summed E-state index contributed by atoms with van der Waals surface area (Å²) in [6, 6.07) is 12.2. The summed E-state index contributed by atoms with van der Waals surface area (Å²) in [7, 11) is 0. The number of halogens is 4. The third-order valence-corrected chi connectivity index (χ3v) is 5.33. The number of rotatable bonds is 4. The van der Waals surface area contributed by atoms with E-state index in [9.17, 15) is 4.79 Å². The first-order valence-corrected chi connectivity index (χ1v) is 9.27. The monoisotopic (exact) mass is 506 g/mol. The molecule has 0 unspecified atom stereocenters. The summed E-state index contributed by atoms with van der Waals surface area (Å²) in [4.78, 5) is 12.6. The molecule has 4 nitrogen and oxygen atoms in total. The molecule has 0 amide bonds. The molecule has 128 valence electrons. The molecule has 3 aromatic rings. The zero-order chi connectivity index (χ0) is 18.0. The van der Waals surface area contributed by atoms with Gasteiger partial charge in [-0.3, -0.25) is 4.79 Å². The molecule has 0 fully saturated rings. The van der Waals surface area contributed by atoms with Crippen molar-refractivity contribution in [3.05, 3.63) is 83.2 Å². The van der Waals surface area contributed by atoms with Crippen molar-refractivity contribution in [3.8, 4) is 11.4 Å². The maximum atomic E-state index is 12.6. The largest absolute Gasteiger partial charge is 0.486 e. The van der Waals surface area contributed by atoms with E-state index in [2.05, 4.69) is 5.10 Å². The molecule has 1 heterocycles. The number of benzene rings is 2. The van der Waals surface area contributed by atoms with Gasteiger partial charge in [0.05, 0.1) is 21.9 Å². The molecule has 0 atom stereocenters. The maximum Gasteiger partial charge on any atom is 0.288 e. The molecule has 25 heavy (non-hydrogen) atoms. The average Bonchev–Trinajstić information content (AvgIpc) is 2.60. The van der Waals surface area contributed by atoms with Gasteiger partial charge >= 0.3 is 0 Å². The van der Waals surface area contributed by atoms with Crippen LogP contribution in [0.5, 0.6) is 5.75 Å². The number of aromatic nitrogens is 2. The van der Waals surface area contributed by atoms with E-state index in [0.717, 1.165) is 5.56 Å². The van der Waals surface area contributed by atoms with E-state index >= 15 is 0 Å². The highest BCUT2D eigenvalue weighted by atomic mass is 127. The van der Waals surface area contributed by atoms with Crippen LogP contribution in [-0.2, 0) is 6.61 Å². The Balaban J connectivity index is 1.86. The van der Waals surface area contributed by atoms with Crippen LogP contribution in [0.3, 0.4) is 0 Å². The summed E-state index contributed by atoms with van der Waals surface area (Å²) in [5.41, 5.74) is 1.17. The predicted octanol–water partition coefficient (Wildman–Crippen LogP) is 5.38. The Labute approximate surface area is 172 Å². The van der Waals surface area contributed by atoms with Gasteiger partial charge in [0.2, 0.25) is 0 Å². The van der Waals surface area contributed by atoms with Gasteiger partial charge in [0.15, 0.2) is 5.75 Å². The smallest absolute Gasteiger partial charge is 0.288 e. The molecule has 0 N–H and O–H groups in total. The van der Waals surface area contributed by atoms with Gasteiger partial charge in [0.1, 0.15) is 10.2 Å². The molecule has 0 aliphatic rings. The molecule has 0 aliphatic carbocycles. The molecule has 0 saturated carbocycles. The Kier molecular flexibility index (Phi) is 5.89. The van der Waals surface area contributed by atoms with Gasteiger partial charge in [-0.15, -0.1) is 0 Å². The minimum atomic E-state index is -0.299. The lowest BCUT2D eigenvalue weighted by atomic mass is 10.2. The standard InChI is InChI=1S/C17H10Cl3IN2O2/c18-11-3-1-10(2-4-11)9-25-15-8-22-23(17(24)16(15)21)12-5-6-13(19)14(20)7-12/h1-8H,9H2. The minimum absolute atomic E-state index is 0.299. The van der Waals surface area contributed by atoms with Crippen LogP contribution in [0.1, 0.15) is 5.56 Å². The average molecular weight is 508 g/mol. The van der Waals surface area contributed by atoms with Crippen LogP contribution >= 0.6 is 57.4 Å². The second-order valence-electron chi connectivity index (χ2n) is 5.05. The highest BCUT2D eigenvalue weighted by Gasteiger charge is 2.12. The summed E-state index contributed by atoms with van der Waals surface area (Å²) >= 11 is 19.7. The Bertz CT molecular complexity index is 975. The highest BCUT2D eigenvalue weighted by Crippen LogP contribution is 2.24. The van der Waals surface area contributed by atoms with Crippen molar-refractivity contribution in [2.75, 3.05) is 0 Å². The molecule has 1 aromatic heterocycles. The molecule has 8 heteroatoms. The molecule has 3 rings (SSSR count). The van der Waals surface area contributed by atoms with Crippen molar-refractivity contribution in [2.45, 2.75) is 6.61 Å². The van der Waals surface area contributed by atoms with Gasteiger partial charge in [-0.1, -0.05) is 46.9 Å². The Hall–Kier alpha value is -1.28. The molecule has 0 spiro atoms. The van der Waals surface area contributed by atoms with Crippen molar-refractivity contribution in [1.82, 2.24) is 9.78 Å². The lowest BCUT2D eigenvalue weighted by Crippen LogP contribution is -2.24. The normalized spacial score (nSPS) is 10.7. The molecule has 2 aromatic carbocycles. The third-order valence-electron chi connectivity index (χ3n) is 3.34. The number of hydrogen-bond acceptors (Lipinski definition) is 3. The molecule has 0 radical (unpaired) electrons. The first kappa shape index (κ1) is 18.5. The summed E-state index contributed by atoms with van der Waals surface area (Å²) in [5.74, 6) is 0.414. The Morgan fingerprint density at radius 2 is 1.76 bits per heavy atom. The quantitative estimate of drug-likeness (QED) is 0.446. The second kappa shape index (κ2) is 7.95. The molecule has 0 bridgehead atoms. The predicted molar refractivity (Wildman–Crippen MR) is 108 cm³/mol. The SMILES string of the molecule is O=c1c(I)c(OCc2ccc(Cl)cc2)cnn1-c1ccc(Cl)c(Cl)c1. The van der Waals surface area contributed by atoms with Crippen LogP contribution in [0.15, 0.2) is 53.5 Å². The van der Waals surface area contributed by atoms with Crippen molar-refractivity contribution in [1.29, 1.82) is 0 Å². The first-order chi connectivity index (χ1) is 12.0. The lowest BCUT2D eigenvalue weighted by Gasteiger charge is -2.11. The summed E-state index contributed by atoms with van der Waals surface area (Å²) in [6.07, 6.45) is 1.50. The van der Waals surface area contributed by atoms with E-state index in [1.807, 2.05) is 34.7 Å². The van der Waals surface area contributed by atoms with Crippen LogP contribution in [0, 0.1) is 3.57 Å². The zero-order valence-corrected chi connectivity index (χ0v) is 17.0. The number of nitrogens with zero attached hydrogens (tertiary/aromatic N) is 2. The number of hydrogen-bond donors (Lipinski definition) is 0. The second-order valence-corrected chi connectivity index (χ2v) is 7.38. The van der Waals surface area contributed by atoms with Crippen LogP contribution in [0.4, 0.5) is 0 Å². The van der Waals surface area contributed by atoms with Crippen LogP contribution < -0.4 is 10.3 Å². The van der Waals surface area contributed by atoms with E-state index < -0.39 is 0 Å². The summed E-state index contributed by atoms with van der Waals surface area (Å²) in [6.45, 7) is 0.311. The van der Waals surface area contributed by atoms with Crippen LogP contribution in [0.25, 0.3) is 5.69 Å². The third kappa shape index (κ3) is 4.28. The van der Waals surface area contributed by atoms with E-state index in [0.29, 0.717) is 36.7 Å². The Morgan fingerprint density at radius 1 is 1.04 bits per heavy atom. The number of ether oxygens (including phenoxy) is 1. The van der Waals surface area contributed by atoms with Crippen LogP contribution in [0.2, 0.25) is 15.1 Å². The van der Waals surface area contributed by atoms with Crippen LogP contribution in [-0.4, -0.2) is 9.78 Å². The molecule has 0 saturated heterocycles. The Morgan fingerprint density at radius 3 is 2.44 bits per heavy atom. The topological polar surface area (TPSA) is 44.1 Å². The van der Waals surface area contributed by atoms with Gasteiger partial charge in [-0.25, -0.2) is 0 Å². The van der Waals surface area contributed by atoms with Gasteiger partial charge in [0, 0.05) is 5.02 Å². The van der Waals surface area contributed by atoms with Gasteiger partial charge in [-0.05, 0) is 58.5 Å². The van der Waals surface area contributed by atoms with E-state index in [1.54, 1.807) is 30.3 Å². The van der Waals surface area contributed by atoms with Crippen molar-refractivity contribution >= 4 is 57.4 Å². The lowest BCUT2D eigenvalue weighted by molar-refractivity contribution is 0.300.